The average molecular weight is 412 g/mol. The summed E-state index contributed by atoms with van der Waals surface area (Å²) in [6, 6.07) is 9.92. The highest BCUT2D eigenvalue weighted by atomic mass is 19.1. The summed E-state index contributed by atoms with van der Waals surface area (Å²) >= 11 is 0. The van der Waals surface area contributed by atoms with Crippen LogP contribution >= 0.6 is 0 Å². The lowest BCUT2D eigenvalue weighted by molar-refractivity contribution is 0.271. The summed E-state index contributed by atoms with van der Waals surface area (Å²) in [6.45, 7) is 1.12. The van der Waals surface area contributed by atoms with Gasteiger partial charge in [0, 0.05) is 18.9 Å². The number of quaternary nitrogens is 1. The Bertz CT molecular complexity index is 1400. The lowest BCUT2D eigenvalue weighted by atomic mass is 9.90. The van der Waals surface area contributed by atoms with Gasteiger partial charge >= 0.3 is 5.95 Å². The van der Waals surface area contributed by atoms with E-state index in [1.807, 2.05) is 35.2 Å². The minimum absolute atomic E-state index is 0.260. The van der Waals surface area contributed by atoms with Gasteiger partial charge in [-0.15, -0.1) is 0 Å². The Morgan fingerprint density at radius 3 is 2.87 bits per heavy atom. The highest BCUT2D eigenvalue weighted by molar-refractivity contribution is 5.91. The van der Waals surface area contributed by atoms with E-state index in [0.717, 1.165) is 22.5 Å². The summed E-state index contributed by atoms with van der Waals surface area (Å²) in [5.74, 6) is 0.523. The molecule has 2 unspecified atom stereocenters. The van der Waals surface area contributed by atoms with Gasteiger partial charge in [-0.25, -0.2) is 8.87 Å². The van der Waals surface area contributed by atoms with E-state index in [4.69, 9.17) is 10.1 Å². The number of nitrogens with zero attached hydrogens (tertiary/aromatic N) is 7. The van der Waals surface area contributed by atoms with Crippen LogP contribution in [0.4, 0.5) is 21.7 Å². The smallest absolute Gasteiger partial charge is 0.336 e. The monoisotopic (exact) mass is 412 g/mol. The fourth-order valence-electron chi connectivity index (χ4n) is 6.70. The third-order valence-corrected chi connectivity index (χ3v) is 7.88. The number of piperidine rings is 1. The fourth-order valence-corrected chi connectivity index (χ4v) is 6.70. The summed E-state index contributed by atoms with van der Waals surface area (Å²) in [4.78, 5) is 16.2. The first-order valence-electron chi connectivity index (χ1n) is 10.8. The second-order valence-corrected chi connectivity index (χ2v) is 9.08. The van der Waals surface area contributed by atoms with Crippen LogP contribution in [0.2, 0.25) is 0 Å². The van der Waals surface area contributed by atoms with Gasteiger partial charge in [0.1, 0.15) is 17.1 Å². The topological polar surface area (TPSA) is 59.2 Å². The van der Waals surface area contributed by atoms with Gasteiger partial charge in [0.2, 0.25) is 0 Å². The Morgan fingerprint density at radius 2 is 1.97 bits per heavy atom. The van der Waals surface area contributed by atoms with Crippen molar-refractivity contribution in [3.63, 3.8) is 0 Å². The van der Waals surface area contributed by atoms with Gasteiger partial charge in [0.15, 0.2) is 29.1 Å². The molecular formula is C23H19FN7+. The molecule has 8 heteroatoms. The minimum Gasteiger partial charge on any atom is -0.350 e. The van der Waals surface area contributed by atoms with Crippen LogP contribution in [0.1, 0.15) is 19.3 Å². The minimum atomic E-state index is -0.373. The molecule has 31 heavy (non-hydrogen) atoms. The second kappa shape index (κ2) is 5.08. The zero-order valence-electron chi connectivity index (χ0n) is 16.7. The average Bonchev–Trinajstić information content (AvgIpc) is 3.66. The summed E-state index contributed by atoms with van der Waals surface area (Å²) in [5, 5.41) is 4.80. The third-order valence-electron chi connectivity index (χ3n) is 7.88. The highest BCUT2D eigenvalue weighted by Gasteiger charge is 3.04. The summed E-state index contributed by atoms with van der Waals surface area (Å²) in [6.07, 6.45) is 11.1. The summed E-state index contributed by atoms with van der Waals surface area (Å²) < 4.78 is 17.0. The van der Waals surface area contributed by atoms with Gasteiger partial charge in [-0.2, -0.15) is 14.6 Å². The Morgan fingerprint density at radius 1 is 1.03 bits per heavy atom. The molecule has 2 saturated heterocycles. The quantitative estimate of drug-likeness (QED) is 0.373. The molecule has 7 heterocycles. The van der Waals surface area contributed by atoms with Crippen molar-refractivity contribution in [1.82, 2.24) is 29.0 Å². The number of fused-ring (bicyclic) bond motifs is 5. The molecule has 0 radical (unpaired) electrons. The van der Waals surface area contributed by atoms with Crippen LogP contribution in [0.5, 0.6) is 0 Å². The lowest BCUT2D eigenvalue weighted by Crippen LogP contribution is -2.63. The Labute approximate surface area is 177 Å². The number of pyridine rings is 2. The molecule has 8 rings (SSSR count). The van der Waals surface area contributed by atoms with E-state index in [9.17, 15) is 4.39 Å². The fraction of sp³-hybridized carbons (Fsp3) is 0.304. The number of aromatic nitrogens is 5. The van der Waals surface area contributed by atoms with Crippen LogP contribution in [-0.4, -0.2) is 48.7 Å². The molecule has 3 aliphatic heterocycles. The first kappa shape index (κ1) is 16.3. The largest absolute Gasteiger partial charge is 0.350 e. The van der Waals surface area contributed by atoms with E-state index >= 15 is 0 Å². The van der Waals surface area contributed by atoms with Crippen LogP contribution in [0, 0.1) is 5.82 Å². The maximum atomic E-state index is 14.4. The number of halogens is 1. The van der Waals surface area contributed by atoms with Gasteiger partial charge in [-0.05, 0) is 49.6 Å². The number of hydrogen-bond donors (Lipinski definition) is 0. The van der Waals surface area contributed by atoms with Crippen molar-refractivity contribution >= 4 is 22.8 Å². The molecule has 3 fully saturated rings. The lowest BCUT2D eigenvalue weighted by Gasteiger charge is -2.49. The van der Waals surface area contributed by atoms with E-state index in [1.165, 1.54) is 36.7 Å². The standard InChI is InChI=1S/C23H19FN7/c24-15-4-3-9-26-19(15)16-6-5-14-12-27-22(30(14)28-16)31-18-13-25-10-7-17(18)29-11-2-1-8-23(29)20(31)21(23)31/h3-7,9-10,12-13,20-21H,1-2,8,11H2/q+1. The molecule has 0 bridgehead atoms. The van der Waals surface area contributed by atoms with Crippen LogP contribution in [-0.2, 0) is 0 Å². The molecule has 2 atom stereocenters. The van der Waals surface area contributed by atoms with Gasteiger partial charge in [0.25, 0.3) is 0 Å². The van der Waals surface area contributed by atoms with Crippen molar-refractivity contribution in [3.8, 4) is 11.4 Å². The number of hydrogen-bond acceptors (Lipinski definition) is 5. The molecule has 4 aromatic rings. The summed E-state index contributed by atoms with van der Waals surface area (Å²) in [5.41, 5.74) is 4.43. The highest BCUT2D eigenvalue weighted by Crippen LogP contribution is 2.81. The van der Waals surface area contributed by atoms with Crippen molar-refractivity contribution in [2.75, 3.05) is 11.4 Å². The normalized spacial score (nSPS) is 31.7. The number of rotatable bonds is 2. The molecule has 0 amide bonds. The van der Waals surface area contributed by atoms with E-state index in [1.54, 1.807) is 12.3 Å². The molecule has 1 spiro atoms. The zero-order valence-corrected chi connectivity index (χ0v) is 16.7. The summed E-state index contributed by atoms with van der Waals surface area (Å²) in [7, 11) is 0. The van der Waals surface area contributed by atoms with E-state index < -0.39 is 0 Å². The Balaban J connectivity index is 1.35. The first-order valence-corrected chi connectivity index (χ1v) is 10.8. The van der Waals surface area contributed by atoms with Gasteiger partial charge < -0.3 is 4.90 Å². The molecule has 7 nitrogen and oxygen atoms in total. The Kier molecular flexibility index (Phi) is 2.67. The zero-order chi connectivity index (χ0) is 20.4. The van der Waals surface area contributed by atoms with Crippen LogP contribution in [0.3, 0.4) is 0 Å². The number of imidazole rings is 1. The Hall–Kier alpha value is -3.39. The van der Waals surface area contributed by atoms with Gasteiger partial charge in [-0.3, -0.25) is 9.97 Å². The predicted molar refractivity (Wildman–Crippen MR) is 113 cm³/mol. The van der Waals surface area contributed by atoms with Crippen molar-refractivity contribution < 1.29 is 4.39 Å². The second-order valence-electron chi connectivity index (χ2n) is 9.08. The molecule has 0 aromatic carbocycles. The van der Waals surface area contributed by atoms with E-state index in [0.29, 0.717) is 17.8 Å². The third kappa shape index (κ3) is 1.66. The van der Waals surface area contributed by atoms with Crippen molar-refractivity contribution in [1.29, 1.82) is 0 Å². The van der Waals surface area contributed by atoms with Crippen LogP contribution < -0.4 is 9.38 Å². The molecule has 0 N–H and O–H groups in total. The molecule has 1 aliphatic carbocycles. The molecular weight excluding hydrogens is 393 g/mol. The SMILES string of the molecule is Fc1cccnc1-c1ccc2cnc([N+]34c5cnccc5N5CCCCC56C3C64)n2n1. The van der Waals surface area contributed by atoms with Gasteiger partial charge in [-0.1, -0.05) is 0 Å². The predicted octanol–water partition coefficient (Wildman–Crippen LogP) is 3.47. The maximum Gasteiger partial charge on any atom is 0.336 e. The van der Waals surface area contributed by atoms with Crippen molar-refractivity contribution in [2.24, 2.45) is 0 Å². The molecule has 4 aromatic heterocycles. The maximum absolute atomic E-state index is 14.4. The van der Waals surface area contributed by atoms with Gasteiger partial charge in [0.05, 0.1) is 17.9 Å². The van der Waals surface area contributed by atoms with Crippen molar-refractivity contribution in [2.45, 2.75) is 36.9 Å². The molecule has 1 saturated carbocycles. The molecule has 152 valence electrons. The van der Waals surface area contributed by atoms with E-state index in [-0.39, 0.29) is 17.1 Å². The first-order chi connectivity index (χ1) is 15.3. The van der Waals surface area contributed by atoms with E-state index in [2.05, 4.69) is 20.9 Å². The van der Waals surface area contributed by atoms with Crippen molar-refractivity contribution in [3.05, 3.63) is 60.9 Å². The molecule has 4 aliphatic rings. The van der Waals surface area contributed by atoms with Crippen LogP contribution in [0.25, 0.3) is 16.9 Å². The number of anilines is 1. The van der Waals surface area contributed by atoms with Crippen LogP contribution in [0.15, 0.2) is 55.1 Å².